The molecule has 1 amide bonds. The molecule has 116 valence electrons. The average Bonchev–Trinajstić information content (AvgIpc) is 2.94. The van der Waals surface area contributed by atoms with E-state index in [0.29, 0.717) is 17.7 Å². The smallest absolute Gasteiger partial charge is 0.226 e. The lowest BCUT2D eigenvalue weighted by molar-refractivity contribution is -0.136. The fourth-order valence-electron chi connectivity index (χ4n) is 3.20. The van der Waals surface area contributed by atoms with Gasteiger partial charge in [-0.05, 0) is 43.8 Å². The van der Waals surface area contributed by atoms with Gasteiger partial charge in [-0.1, -0.05) is 44.2 Å². The van der Waals surface area contributed by atoms with E-state index in [9.17, 15) is 4.79 Å². The van der Waals surface area contributed by atoms with Gasteiger partial charge in [0.1, 0.15) is 0 Å². The van der Waals surface area contributed by atoms with Crippen molar-refractivity contribution in [2.45, 2.75) is 26.7 Å². The quantitative estimate of drug-likeness (QED) is 0.872. The predicted octanol–water partition coefficient (Wildman–Crippen LogP) is 2.57. The van der Waals surface area contributed by atoms with Gasteiger partial charge in [-0.2, -0.15) is 0 Å². The number of benzene rings is 1. The minimum Gasteiger partial charge on any atom is -0.342 e. The third kappa shape index (κ3) is 4.31. The molecule has 3 nitrogen and oxygen atoms in total. The predicted molar refractivity (Wildman–Crippen MR) is 87.1 cm³/mol. The zero-order valence-corrected chi connectivity index (χ0v) is 13.5. The third-order valence-corrected chi connectivity index (χ3v) is 4.51. The number of hydrogen-bond acceptors (Lipinski definition) is 2. The molecule has 1 saturated heterocycles. The summed E-state index contributed by atoms with van der Waals surface area (Å²) in [5.41, 5.74) is 1.26. The first-order valence-electron chi connectivity index (χ1n) is 8.09. The van der Waals surface area contributed by atoms with Gasteiger partial charge in [0, 0.05) is 19.0 Å². The standard InChI is InChI=1S/C18H28N2O/c1-14(2)17(11-15-7-5-4-6-8-15)18(21)20-10-9-16(13-20)12-19-3/h4-8,14,16-17,19H,9-13H2,1-3H3. The number of nitrogens with zero attached hydrogens (tertiary/aromatic N) is 1. The van der Waals surface area contributed by atoms with E-state index in [-0.39, 0.29) is 5.92 Å². The summed E-state index contributed by atoms with van der Waals surface area (Å²) in [6.45, 7) is 7.16. The molecule has 1 heterocycles. The first-order valence-corrected chi connectivity index (χ1v) is 8.09. The van der Waals surface area contributed by atoms with Crippen LogP contribution in [0.15, 0.2) is 30.3 Å². The molecule has 0 bridgehead atoms. The van der Waals surface area contributed by atoms with Crippen molar-refractivity contribution in [1.82, 2.24) is 10.2 Å². The second kappa shape index (κ2) is 7.60. The van der Waals surface area contributed by atoms with E-state index in [2.05, 4.69) is 48.3 Å². The van der Waals surface area contributed by atoms with Crippen LogP contribution in [0.3, 0.4) is 0 Å². The maximum absolute atomic E-state index is 12.8. The maximum atomic E-state index is 12.8. The first kappa shape index (κ1) is 16.0. The summed E-state index contributed by atoms with van der Waals surface area (Å²) in [5, 5.41) is 3.22. The van der Waals surface area contributed by atoms with Gasteiger partial charge in [0.05, 0.1) is 0 Å². The highest BCUT2D eigenvalue weighted by molar-refractivity contribution is 5.79. The highest BCUT2D eigenvalue weighted by Crippen LogP contribution is 2.24. The first-order chi connectivity index (χ1) is 10.1. The lowest BCUT2D eigenvalue weighted by atomic mass is 9.88. The van der Waals surface area contributed by atoms with Crippen LogP contribution in [-0.4, -0.2) is 37.5 Å². The van der Waals surface area contributed by atoms with Gasteiger partial charge in [-0.3, -0.25) is 4.79 Å². The summed E-state index contributed by atoms with van der Waals surface area (Å²) in [6, 6.07) is 10.4. The maximum Gasteiger partial charge on any atom is 0.226 e. The van der Waals surface area contributed by atoms with Gasteiger partial charge in [0.2, 0.25) is 5.91 Å². The van der Waals surface area contributed by atoms with Crippen LogP contribution in [0.5, 0.6) is 0 Å². The normalized spacial score (nSPS) is 20.0. The number of carbonyl (C=O) groups is 1. The van der Waals surface area contributed by atoms with Gasteiger partial charge >= 0.3 is 0 Å². The lowest BCUT2D eigenvalue weighted by Gasteiger charge is -2.26. The van der Waals surface area contributed by atoms with Crippen LogP contribution in [0.1, 0.15) is 25.8 Å². The third-order valence-electron chi connectivity index (χ3n) is 4.51. The van der Waals surface area contributed by atoms with E-state index in [1.54, 1.807) is 0 Å². The van der Waals surface area contributed by atoms with Gasteiger partial charge in [-0.15, -0.1) is 0 Å². The Balaban J connectivity index is 2.00. The van der Waals surface area contributed by atoms with Crippen molar-refractivity contribution in [2.24, 2.45) is 17.8 Å². The van der Waals surface area contributed by atoms with E-state index < -0.39 is 0 Å². The number of rotatable bonds is 6. The highest BCUT2D eigenvalue weighted by Gasteiger charge is 2.32. The van der Waals surface area contributed by atoms with Crippen LogP contribution in [0, 0.1) is 17.8 Å². The Bertz CT molecular complexity index is 444. The molecule has 2 unspecified atom stereocenters. The summed E-state index contributed by atoms with van der Waals surface area (Å²) in [7, 11) is 1.98. The molecule has 2 atom stereocenters. The van der Waals surface area contributed by atoms with Crippen molar-refractivity contribution < 1.29 is 4.79 Å². The summed E-state index contributed by atoms with van der Waals surface area (Å²) < 4.78 is 0. The van der Waals surface area contributed by atoms with Crippen LogP contribution in [0.2, 0.25) is 0 Å². The van der Waals surface area contributed by atoms with Crippen molar-refractivity contribution in [2.75, 3.05) is 26.7 Å². The van der Waals surface area contributed by atoms with Gasteiger partial charge < -0.3 is 10.2 Å². The Labute approximate surface area is 128 Å². The SMILES string of the molecule is CNCC1CCN(C(=O)C(Cc2ccccc2)C(C)C)C1. The minimum atomic E-state index is 0.0979. The molecule has 1 aliphatic heterocycles. The molecule has 0 saturated carbocycles. The fraction of sp³-hybridized carbons (Fsp3) is 0.611. The van der Waals surface area contributed by atoms with E-state index in [0.717, 1.165) is 32.5 Å². The summed E-state index contributed by atoms with van der Waals surface area (Å²) in [6.07, 6.45) is 1.98. The summed E-state index contributed by atoms with van der Waals surface area (Å²) in [4.78, 5) is 14.9. The van der Waals surface area contributed by atoms with Gasteiger partial charge in [-0.25, -0.2) is 0 Å². The number of hydrogen-bond donors (Lipinski definition) is 1. The van der Waals surface area contributed by atoms with Crippen molar-refractivity contribution in [3.05, 3.63) is 35.9 Å². The second-order valence-electron chi connectivity index (χ2n) is 6.54. The molecule has 1 aliphatic rings. The molecule has 0 radical (unpaired) electrons. The van der Waals surface area contributed by atoms with Crippen LogP contribution in [0.4, 0.5) is 0 Å². The Morgan fingerprint density at radius 3 is 2.67 bits per heavy atom. The van der Waals surface area contributed by atoms with E-state index in [4.69, 9.17) is 0 Å². The minimum absolute atomic E-state index is 0.0979. The molecule has 1 N–H and O–H groups in total. The van der Waals surface area contributed by atoms with E-state index in [1.807, 2.05) is 13.1 Å². The highest BCUT2D eigenvalue weighted by atomic mass is 16.2. The lowest BCUT2D eigenvalue weighted by Crippen LogP contribution is -2.38. The summed E-state index contributed by atoms with van der Waals surface area (Å²) in [5.74, 6) is 1.43. The molecule has 1 fully saturated rings. The van der Waals surface area contributed by atoms with Gasteiger partial charge in [0.15, 0.2) is 0 Å². The van der Waals surface area contributed by atoms with Crippen LogP contribution < -0.4 is 5.32 Å². The summed E-state index contributed by atoms with van der Waals surface area (Å²) >= 11 is 0. The van der Waals surface area contributed by atoms with Gasteiger partial charge in [0.25, 0.3) is 0 Å². The molecule has 2 rings (SSSR count). The average molecular weight is 288 g/mol. The molecule has 21 heavy (non-hydrogen) atoms. The number of carbonyl (C=O) groups excluding carboxylic acids is 1. The molecule has 0 spiro atoms. The largest absolute Gasteiger partial charge is 0.342 e. The van der Waals surface area contributed by atoms with Crippen molar-refractivity contribution in [1.29, 1.82) is 0 Å². The van der Waals surface area contributed by atoms with Crippen molar-refractivity contribution >= 4 is 5.91 Å². The van der Waals surface area contributed by atoms with Crippen molar-refractivity contribution in [3.8, 4) is 0 Å². The Morgan fingerprint density at radius 1 is 1.33 bits per heavy atom. The van der Waals surface area contributed by atoms with Crippen LogP contribution in [0.25, 0.3) is 0 Å². The Morgan fingerprint density at radius 2 is 2.05 bits per heavy atom. The number of nitrogens with one attached hydrogen (secondary N) is 1. The second-order valence-corrected chi connectivity index (χ2v) is 6.54. The van der Waals surface area contributed by atoms with E-state index in [1.165, 1.54) is 5.56 Å². The Kier molecular flexibility index (Phi) is 5.80. The fourth-order valence-corrected chi connectivity index (χ4v) is 3.20. The molecule has 0 aromatic heterocycles. The molecule has 3 heteroatoms. The topological polar surface area (TPSA) is 32.3 Å². The molecular weight excluding hydrogens is 260 g/mol. The molecular formula is C18H28N2O. The van der Waals surface area contributed by atoms with Crippen molar-refractivity contribution in [3.63, 3.8) is 0 Å². The van der Waals surface area contributed by atoms with E-state index >= 15 is 0 Å². The number of likely N-dealkylation sites (tertiary alicyclic amines) is 1. The van der Waals surface area contributed by atoms with Crippen LogP contribution in [-0.2, 0) is 11.2 Å². The zero-order chi connectivity index (χ0) is 15.2. The molecule has 1 aromatic carbocycles. The molecule has 0 aliphatic carbocycles. The monoisotopic (exact) mass is 288 g/mol. The van der Waals surface area contributed by atoms with Crippen LogP contribution >= 0.6 is 0 Å². The Hall–Kier alpha value is -1.35. The zero-order valence-electron chi connectivity index (χ0n) is 13.5. The molecule has 1 aromatic rings. The number of amides is 1.